The third-order valence-electron chi connectivity index (χ3n) is 11.0. The number of esters is 2. The van der Waals surface area contributed by atoms with E-state index in [4.69, 9.17) is 9.47 Å². The van der Waals surface area contributed by atoms with Crippen molar-refractivity contribution in [1.82, 2.24) is 10.2 Å². The lowest BCUT2D eigenvalue weighted by Crippen LogP contribution is -2.33. The summed E-state index contributed by atoms with van der Waals surface area (Å²) >= 11 is 0. The topological polar surface area (TPSA) is 84.9 Å². The highest BCUT2D eigenvalue weighted by Gasteiger charge is 2.15. The predicted molar refractivity (Wildman–Crippen MR) is 235 cm³/mol. The number of unbranched alkanes of at least 4 members (excludes halogenated alkanes) is 23. The number of nitrogens with one attached hydrogen (secondary N) is 1. The summed E-state index contributed by atoms with van der Waals surface area (Å²) < 4.78 is 11.5. The molecule has 0 fully saturated rings. The molecule has 0 aliphatic heterocycles. The van der Waals surface area contributed by atoms with E-state index in [9.17, 15) is 14.4 Å². The lowest BCUT2D eigenvalue weighted by molar-refractivity contribution is -0.150. The Hall–Kier alpha value is -1.63. The molecule has 0 rings (SSSR count). The summed E-state index contributed by atoms with van der Waals surface area (Å²) in [6.07, 6.45) is 37.9. The molecule has 0 spiro atoms. The van der Waals surface area contributed by atoms with E-state index in [0.29, 0.717) is 19.4 Å². The number of carbonyl (C=O) groups is 3. The van der Waals surface area contributed by atoms with Gasteiger partial charge in [-0.15, -0.1) is 0 Å². The van der Waals surface area contributed by atoms with Gasteiger partial charge in [-0.3, -0.25) is 14.4 Å². The normalized spacial score (nSPS) is 11.6. The molecule has 0 aliphatic rings. The Balaban J connectivity index is 4.36. The number of hydrogen-bond donors (Lipinski definition) is 1. The summed E-state index contributed by atoms with van der Waals surface area (Å²) in [5.41, 5.74) is 0. The smallest absolute Gasteiger partial charge is 0.306 e. The fourth-order valence-electron chi connectivity index (χ4n) is 7.28. The third kappa shape index (κ3) is 39.0. The molecule has 0 unspecified atom stereocenters. The molecule has 0 aliphatic carbocycles. The number of carbonyl (C=O) groups excluding carboxylic acids is 3. The van der Waals surface area contributed by atoms with Gasteiger partial charge in [0, 0.05) is 25.3 Å². The molecule has 1 amide bonds. The van der Waals surface area contributed by atoms with Crippen molar-refractivity contribution in [2.24, 2.45) is 5.92 Å². The number of ether oxygens (including phenoxy) is 2. The van der Waals surface area contributed by atoms with Gasteiger partial charge in [-0.05, 0) is 83.8 Å². The standard InChI is InChI=1S/C48H94N2O5/c1-6-9-12-15-20-27-35-45(36-28-21-16-13-10-7-2)55-47(52)38-30-23-19-25-32-41-50(42-34-39-49-48(53)44(4)5)40-31-24-18-22-29-37-46(51)54-43-33-26-17-14-11-8-3/h44-45H,6-43H2,1-5H3,(H,49,53). The Kier molecular flexibility index (Phi) is 40.7. The Labute approximate surface area is 342 Å². The summed E-state index contributed by atoms with van der Waals surface area (Å²) in [6, 6.07) is 0. The SMILES string of the molecule is CCCCCCCCOC(=O)CCCCCCCN(CCCCCCCC(=O)OC(CCCCCCCC)CCCCCCCC)CCCNC(=O)C(C)C. The molecule has 0 atom stereocenters. The molecular weight excluding hydrogens is 685 g/mol. The van der Waals surface area contributed by atoms with Crippen molar-refractivity contribution < 1.29 is 23.9 Å². The summed E-state index contributed by atoms with van der Waals surface area (Å²) in [6.45, 7) is 15.1. The van der Waals surface area contributed by atoms with Crippen LogP contribution in [0.15, 0.2) is 0 Å². The van der Waals surface area contributed by atoms with Crippen LogP contribution in [-0.4, -0.2) is 61.6 Å². The van der Waals surface area contributed by atoms with Gasteiger partial charge in [0.05, 0.1) is 6.61 Å². The van der Waals surface area contributed by atoms with Crippen LogP contribution in [0.25, 0.3) is 0 Å². The summed E-state index contributed by atoms with van der Waals surface area (Å²) in [5.74, 6) is 0.140. The maximum atomic E-state index is 12.8. The minimum Gasteiger partial charge on any atom is -0.466 e. The molecule has 0 bridgehead atoms. The maximum Gasteiger partial charge on any atom is 0.306 e. The monoisotopic (exact) mass is 779 g/mol. The van der Waals surface area contributed by atoms with Gasteiger partial charge in [0.15, 0.2) is 0 Å². The zero-order chi connectivity index (χ0) is 40.5. The van der Waals surface area contributed by atoms with Crippen LogP contribution in [0.1, 0.15) is 247 Å². The largest absolute Gasteiger partial charge is 0.466 e. The molecule has 0 saturated heterocycles. The van der Waals surface area contributed by atoms with E-state index in [-0.39, 0.29) is 29.9 Å². The zero-order valence-electron chi connectivity index (χ0n) is 37.5. The third-order valence-corrected chi connectivity index (χ3v) is 11.0. The molecule has 1 N–H and O–H groups in total. The van der Waals surface area contributed by atoms with Crippen LogP contribution >= 0.6 is 0 Å². The highest BCUT2D eigenvalue weighted by atomic mass is 16.5. The van der Waals surface area contributed by atoms with Crippen LogP contribution in [0.5, 0.6) is 0 Å². The minimum atomic E-state index is -0.0320. The lowest BCUT2D eigenvalue weighted by Gasteiger charge is -2.22. The van der Waals surface area contributed by atoms with Crippen molar-refractivity contribution in [2.75, 3.05) is 32.8 Å². The first-order valence-electron chi connectivity index (χ1n) is 24.2. The predicted octanol–water partition coefficient (Wildman–Crippen LogP) is 13.4. The Morgan fingerprint density at radius 3 is 1.36 bits per heavy atom. The first kappa shape index (κ1) is 53.4. The van der Waals surface area contributed by atoms with Gasteiger partial charge in [0.1, 0.15) is 6.10 Å². The highest BCUT2D eigenvalue weighted by Crippen LogP contribution is 2.18. The van der Waals surface area contributed by atoms with E-state index in [1.807, 2.05) is 13.8 Å². The average molecular weight is 779 g/mol. The van der Waals surface area contributed by atoms with Crippen LogP contribution in [0.2, 0.25) is 0 Å². The fourth-order valence-corrected chi connectivity index (χ4v) is 7.28. The summed E-state index contributed by atoms with van der Waals surface area (Å²) in [4.78, 5) is 39.5. The van der Waals surface area contributed by atoms with E-state index in [0.717, 1.165) is 96.8 Å². The minimum absolute atomic E-state index is 0.0149. The number of nitrogens with zero attached hydrogens (tertiary/aromatic N) is 1. The molecule has 7 nitrogen and oxygen atoms in total. The number of hydrogen-bond acceptors (Lipinski definition) is 6. The maximum absolute atomic E-state index is 12.8. The van der Waals surface area contributed by atoms with E-state index >= 15 is 0 Å². The molecule has 0 aromatic rings. The number of amides is 1. The van der Waals surface area contributed by atoms with Crippen molar-refractivity contribution in [2.45, 2.75) is 253 Å². The second-order valence-electron chi connectivity index (χ2n) is 16.9. The van der Waals surface area contributed by atoms with Crippen LogP contribution in [0.4, 0.5) is 0 Å². The van der Waals surface area contributed by atoms with Crippen LogP contribution < -0.4 is 5.32 Å². The van der Waals surface area contributed by atoms with Crippen molar-refractivity contribution in [3.8, 4) is 0 Å². The van der Waals surface area contributed by atoms with Gasteiger partial charge in [-0.2, -0.15) is 0 Å². The molecule has 326 valence electrons. The molecule has 0 aromatic carbocycles. The van der Waals surface area contributed by atoms with E-state index in [1.54, 1.807) is 0 Å². The lowest BCUT2D eigenvalue weighted by atomic mass is 10.0. The van der Waals surface area contributed by atoms with Crippen molar-refractivity contribution in [1.29, 1.82) is 0 Å². The Morgan fingerprint density at radius 1 is 0.473 bits per heavy atom. The first-order chi connectivity index (χ1) is 26.8. The molecule has 55 heavy (non-hydrogen) atoms. The Morgan fingerprint density at radius 2 is 0.873 bits per heavy atom. The molecule has 0 radical (unpaired) electrons. The number of rotatable bonds is 43. The molecule has 0 heterocycles. The van der Waals surface area contributed by atoms with E-state index in [1.165, 1.54) is 128 Å². The Bertz CT molecular complexity index is 834. The summed E-state index contributed by atoms with van der Waals surface area (Å²) in [7, 11) is 0. The van der Waals surface area contributed by atoms with Gasteiger partial charge in [-0.1, -0.05) is 169 Å². The van der Waals surface area contributed by atoms with E-state index in [2.05, 4.69) is 31.0 Å². The van der Waals surface area contributed by atoms with Crippen molar-refractivity contribution in [3.05, 3.63) is 0 Å². The van der Waals surface area contributed by atoms with Gasteiger partial charge >= 0.3 is 11.9 Å². The van der Waals surface area contributed by atoms with Crippen LogP contribution in [0, 0.1) is 5.92 Å². The fraction of sp³-hybridized carbons (Fsp3) is 0.938. The highest BCUT2D eigenvalue weighted by molar-refractivity contribution is 5.77. The van der Waals surface area contributed by atoms with E-state index < -0.39 is 0 Å². The molecule has 7 heteroatoms. The average Bonchev–Trinajstić information content (AvgIpc) is 3.17. The second-order valence-corrected chi connectivity index (χ2v) is 16.9. The van der Waals surface area contributed by atoms with Crippen LogP contribution in [0.3, 0.4) is 0 Å². The van der Waals surface area contributed by atoms with Crippen molar-refractivity contribution in [3.63, 3.8) is 0 Å². The second kappa shape index (κ2) is 42.0. The van der Waals surface area contributed by atoms with Crippen molar-refractivity contribution >= 4 is 17.8 Å². The van der Waals surface area contributed by atoms with Gasteiger partial charge < -0.3 is 19.7 Å². The quantitative estimate of drug-likeness (QED) is 0.0490. The summed E-state index contributed by atoms with van der Waals surface area (Å²) in [5, 5.41) is 3.07. The van der Waals surface area contributed by atoms with Gasteiger partial charge in [-0.25, -0.2) is 0 Å². The van der Waals surface area contributed by atoms with Gasteiger partial charge in [0.2, 0.25) is 5.91 Å². The first-order valence-corrected chi connectivity index (χ1v) is 24.2. The van der Waals surface area contributed by atoms with Gasteiger partial charge in [0.25, 0.3) is 0 Å². The molecule has 0 aromatic heterocycles. The zero-order valence-corrected chi connectivity index (χ0v) is 37.5. The van der Waals surface area contributed by atoms with Crippen LogP contribution in [-0.2, 0) is 23.9 Å². The molecule has 0 saturated carbocycles. The molecular formula is C48H94N2O5.